The Bertz CT molecular complexity index is 1030. The van der Waals surface area contributed by atoms with Crippen LogP contribution in [0, 0.1) is 24.2 Å². The molecular weight excluding hydrogens is 671 g/mol. The Hall–Kier alpha value is -0.933. The fourth-order valence-electron chi connectivity index (χ4n) is 5.92. The van der Waals surface area contributed by atoms with Crippen LogP contribution >= 0.6 is 22.6 Å². The Balaban J connectivity index is 1.60. The van der Waals surface area contributed by atoms with Crippen LogP contribution in [0.15, 0.2) is 42.5 Å². The Morgan fingerprint density at radius 1 is 1.02 bits per heavy atom. The van der Waals surface area contributed by atoms with Crippen LogP contribution in [0.25, 0.3) is 0 Å². The van der Waals surface area contributed by atoms with E-state index in [2.05, 4.69) is 74.5 Å². The third kappa shape index (κ3) is 10.6. The number of rotatable bonds is 13. The summed E-state index contributed by atoms with van der Waals surface area (Å²) in [5, 5.41) is 0.109. The molecule has 0 N–H and O–H groups in total. The number of hydrogen-bond acceptors (Lipinski definition) is 6. The van der Waals surface area contributed by atoms with Gasteiger partial charge in [-0.15, -0.1) is 6.42 Å². The highest BCUT2D eigenvalue weighted by atomic mass is 127. The fraction of sp³-hybridized carbons (Fsp3) is 0.714. The summed E-state index contributed by atoms with van der Waals surface area (Å²) in [5.74, 6) is 4.13. The predicted molar refractivity (Wildman–Crippen MR) is 183 cm³/mol. The lowest BCUT2D eigenvalue weighted by atomic mass is 9.88. The van der Waals surface area contributed by atoms with Crippen LogP contribution in [0.4, 0.5) is 0 Å². The lowest BCUT2D eigenvalue weighted by molar-refractivity contribution is -0.193. The zero-order chi connectivity index (χ0) is 30.9. The van der Waals surface area contributed by atoms with E-state index in [0.717, 1.165) is 70.3 Å². The molecule has 240 valence electrons. The summed E-state index contributed by atoms with van der Waals surface area (Å²) in [6.45, 7) is 13.5. The molecule has 0 spiro atoms. The maximum atomic E-state index is 7.14. The van der Waals surface area contributed by atoms with Crippen molar-refractivity contribution in [1.29, 1.82) is 0 Å². The van der Waals surface area contributed by atoms with Crippen molar-refractivity contribution in [3.63, 3.8) is 0 Å². The molecule has 1 saturated carbocycles. The van der Waals surface area contributed by atoms with E-state index in [1.807, 2.05) is 30.3 Å². The Morgan fingerprint density at radius 2 is 1.70 bits per heavy atom. The third-order valence-corrected chi connectivity index (χ3v) is 14.8. The lowest BCUT2D eigenvalue weighted by Gasteiger charge is -2.40. The third-order valence-electron chi connectivity index (χ3n) is 9.41. The zero-order valence-corrected chi connectivity index (χ0v) is 30.0. The number of ether oxygens (including phenoxy) is 5. The fourth-order valence-corrected chi connectivity index (χ4v) is 7.89. The van der Waals surface area contributed by atoms with Gasteiger partial charge in [-0.3, -0.25) is 0 Å². The first-order valence-corrected chi connectivity index (χ1v) is 20.4. The highest BCUT2D eigenvalue weighted by Gasteiger charge is 2.49. The van der Waals surface area contributed by atoms with Gasteiger partial charge in [0.05, 0.1) is 16.1 Å². The summed E-state index contributed by atoms with van der Waals surface area (Å²) < 4.78 is 38.7. The molecule has 1 aromatic carbocycles. The molecule has 4 rings (SSSR count). The van der Waals surface area contributed by atoms with Crippen molar-refractivity contribution in [2.24, 2.45) is 11.8 Å². The van der Waals surface area contributed by atoms with Crippen LogP contribution in [0.3, 0.4) is 0 Å². The van der Waals surface area contributed by atoms with Crippen molar-refractivity contribution in [2.75, 3.05) is 19.8 Å². The van der Waals surface area contributed by atoms with Gasteiger partial charge >= 0.3 is 0 Å². The van der Waals surface area contributed by atoms with Gasteiger partial charge in [0.25, 0.3) is 0 Å². The van der Waals surface area contributed by atoms with Crippen LogP contribution in [-0.2, 0) is 23.4 Å². The van der Waals surface area contributed by atoms with Gasteiger partial charge in [-0.25, -0.2) is 0 Å². The molecule has 0 bridgehead atoms. The van der Waals surface area contributed by atoms with E-state index in [-0.39, 0.29) is 51.7 Å². The molecule has 7 unspecified atom stereocenters. The first kappa shape index (κ1) is 34.9. The number of para-hydroxylation sites is 1. The number of alkyl halides is 1. The van der Waals surface area contributed by atoms with Gasteiger partial charge in [0.15, 0.2) is 20.9 Å². The van der Waals surface area contributed by atoms with Gasteiger partial charge in [0.2, 0.25) is 0 Å². The predicted octanol–water partition coefficient (Wildman–Crippen LogP) is 8.30. The number of halogens is 1. The van der Waals surface area contributed by atoms with Crippen molar-refractivity contribution >= 4 is 30.9 Å². The summed E-state index contributed by atoms with van der Waals surface area (Å²) >= 11 is 2.40. The quantitative estimate of drug-likeness (QED) is 0.0671. The van der Waals surface area contributed by atoms with E-state index in [1.165, 1.54) is 0 Å². The maximum Gasteiger partial charge on any atom is 0.192 e. The van der Waals surface area contributed by atoms with Crippen molar-refractivity contribution in [2.45, 2.75) is 125 Å². The molecule has 3 fully saturated rings. The van der Waals surface area contributed by atoms with Crippen LogP contribution in [0.5, 0.6) is 5.75 Å². The second-order valence-corrected chi connectivity index (χ2v) is 20.0. The van der Waals surface area contributed by atoms with E-state index in [0.29, 0.717) is 6.61 Å². The van der Waals surface area contributed by atoms with E-state index in [1.54, 1.807) is 0 Å². The zero-order valence-electron chi connectivity index (χ0n) is 26.8. The van der Waals surface area contributed by atoms with Crippen molar-refractivity contribution in [3.05, 3.63) is 42.5 Å². The topological polar surface area (TPSA) is 55.4 Å². The molecule has 0 amide bonds. The molecule has 2 heterocycles. The maximum absolute atomic E-state index is 7.14. The van der Waals surface area contributed by atoms with E-state index in [4.69, 9.17) is 34.5 Å². The van der Waals surface area contributed by atoms with E-state index < -0.39 is 8.32 Å². The molecule has 2 saturated heterocycles. The Kier molecular flexibility index (Phi) is 13.5. The summed E-state index contributed by atoms with van der Waals surface area (Å²) in [5.41, 5.74) is 0. The minimum atomic E-state index is -2.04. The highest BCUT2D eigenvalue weighted by molar-refractivity contribution is 14.1. The molecule has 6 nitrogen and oxygen atoms in total. The minimum Gasteiger partial charge on any atom is -0.491 e. The van der Waals surface area contributed by atoms with Gasteiger partial charge in [-0.2, -0.15) is 0 Å². The molecule has 3 aliphatic rings. The molecule has 8 heteroatoms. The van der Waals surface area contributed by atoms with Crippen LogP contribution < -0.4 is 4.74 Å². The largest absolute Gasteiger partial charge is 0.491 e. The number of hydrogen-bond donors (Lipinski definition) is 0. The Labute approximate surface area is 275 Å². The van der Waals surface area contributed by atoms with Crippen molar-refractivity contribution in [1.82, 2.24) is 0 Å². The van der Waals surface area contributed by atoms with Crippen LogP contribution in [-0.4, -0.2) is 63.0 Å². The molecule has 1 aromatic rings. The van der Waals surface area contributed by atoms with Crippen molar-refractivity contribution < 1.29 is 28.1 Å². The normalized spacial score (nSPS) is 30.2. The molecule has 1 aliphatic carbocycles. The summed E-state index contributed by atoms with van der Waals surface area (Å²) in [4.78, 5) is 0. The van der Waals surface area contributed by atoms with Gasteiger partial charge in [-0.1, -0.05) is 79.6 Å². The number of terminal acetylenes is 1. The average Bonchev–Trinajstić information content (AvgIpc) is 3.29. The molecule has 0 aromatic heterocycles. The molecular formula is C35H53IO6Si. The van der Waals surface area contributed by atoms with Gasteiger partial charge in [0.1, 0.15) is 18.5 Å². The summed E-state index contributed by atoms with van der Waals surface area (Å²) in [7, 11) is -2.04. The highest BCUT2D eigenvalue weighted by Crippen LogP contribution is 2.46. The van der Waals surface area contributed by atoms with E-state index >= 15 is 0 Å². The molecule has 8 atom stereocenters. The number of benzene rings is 1. The summed E-state index contributed by atoms with van der Waals surface area (Å²) in [6.07, 6.45) is 17.7. The lowest BCUT2D eigenvalue weighted by Crippen LogP contribution is -2.45. The van der Waals surface area contributed by atoms with Gasteiger partial charge < -0.3 is 28.1 Å². The van der Waals surface area contributed by atoms with E-state index in [9.17, 15) is 0 Å². The molecule has 0 radical (unpaired) electrons. The van der Waals surface area contributed by atoms with Gasteiger partial charge in [-0.05, 0) is 87.5 Å². The van der Waals surface area contributed by atoms with Gasteiger partial charge in [0, 0.05) is 19.1 Å². The molecule has 2 aliphatic heterocycles. The summed E-state index contributed by atoms with van der Waals surface area (Å²) in [6, 6.07) is 9.91. The average molecular weight is 725 g/mol. The first-order valence-electron chi connectivity index (χ1n) is 16.2. The Morgan fingerprint density at radius 3 is 2.30 bits per heavy atom. The second-order valence-electron chi connectivity index (χ2n) is 13.7. The monoisotopic (exact) mass is 724 g/mol. The standard InChI is InChI=1S/C35H53IO6Si/c1-7-26(36)23-30-29(20-19-28(40-33-17-11-13-21-37-33)25-39-27-15-9-8-10-16-27)31(41-34-18-12-14-22-38-34)24-32(30)42-43(5,6)35(2,3)4/h1,8-10,15-16,19-20,26,28-34H,11-14,17-18,21-25H2,2-6H3/t26-,28?,29?,30?,31?,32?,33?,34?/m1/s1. The molecule has 43 heavy (non-hydrogen) atoms. The van der Waals surface area contributed by atoms with Crippen molar-refractivity contribution in [3.8, 4) is 18.1 Å². The second kappa shape index (κ2) is 16.6. The minimum absolute atomic E-state index is 0.0258. The smallest absolute Gasteiger partial charge is 0.192 e. The van der Waals surface area contributed by atoms with Crippen LogP contribution in [0.2, 0.25) is 18.1 Å². The first-order chi connectivity index (χ1) is 20.6. The SMILES string of the molecule is C#C[C@@H](I)CC1C(O[Si](C)(C)C(C)(C)C)CC(OC2CCCCO2)C1C=CC(COc1ccccc1)OC1CCCCO1. The van der Waals surface area contributed by atoms with Crippen LogP contribution in [0.1, 0.15) is 72.1 Å².